The zero-order valence-electron chi connectivity index (χ0n) is 24.4. The summed E-state index contributed by atoms with van der Waals surface area (Å²) in [5.74, 6) is 3.33. The van der Waals surface area contributed by atoms with Gasteiger partial charge in [-0.25, -0.2) is 4.98 Å². The summed E-state index contributed by atoms with van der Waals surface area (Å²) in [6.07, 6.45) is 12.4. The number of methoxy groups -OCH3 is 1. The number of carbonyl (C=O) groups is 1. The highest BCUT2D eigenvalue weighted by atomic mass is 16.5. The average Bonchev–Trinajstić information content (AvgIpc) is 2.96. The molecule has 0 aliphatic carbocycles. The number of nitrogens with one attached hydrogen (secondary N) is 1. The number of likely N-dealkylation sites (tertiary alicyclic amines) is 1. The van der Waals surface area contributed by atoms with Crippen molar-refractivity contribution in [3.05, 3.63) is 82.4 Å². The summed E-state index contributed by atoms with van der Waals surface area (Å²) in [7, 11) is 1.70. The number of pyridine rings is 2. The van der Waals surface area contributed by atoms with Crippen LogP contribution in [0.1, 0.15) is 64.6 Å². The van der Waals surface area contributed by atoms with Crippen molar-refractivity contribution in [3.63, 3.8) is 0 Å². The number of piperidine rings is 1. The molecule has 1 aromatic carbocycles. The van der Waals surface area contributed by atoms with Gasteiger partial charge in [-0.3, -0.25) is 9.78 Å². The lowest BCUT2D eigenvalue weighted by Crippen LogP contribution is -2.48. The molecule has 0 unspecified atom stereocenters. The van der Waals surface area contributed by atoms with Crippen LogP contribution in [-0.2, 0) is 6.54 Å². The van der Waals surface area contributed by atoms with Crippen LogP contribution in [0.15, 0.2) is 48.8 Å². The maximum atomic E-state index is 12.9. The molecule has 0 spiro atoms. The molecule has 4 rings (SSSR count). The molecule has 1 aliphatic rings. The summed E-state index contributed by atoms with van der Waals surface area (Å²) in [5, 5.41) is 3.10. The Morgan fingerprint density at radius 1 is 1.18 bits per heavy atom. The average molecular weight is 540 g/mol. The number of amides is 1. The molecule has 1 aliphatic heterocycles. The largest absolute Gasteiger partial charge is 0.497 e. The molecule has 3 heterocycles. The van der Waals surface area contributed by atoms with E-state index in [1.54, 1.807) is 13.2 Å². The van der Waals surface area contributed by atoms with E-state index in [1.165, 1.54) is 16.8 Å². The highest BCUT2D eigenvalue weighted by Gasteiger charge is 2.28. The first-order chi connectivity index (χ1) is 19.3. The molecule has 40 heavy (non-hydrogen) atoms. The Bertz CT molecular complexity index is 1320. The molecule has 0 bridgehead atoms. The minimum absolute atomic E-state index is 0.0854. The van der Waals surface area contributed by atoms with E-state index in [0.717, 1.165) is 50.2 Å². The maximum absolute atomic E-state index is 12.9. The third kappa shape index (κ3) is 7.00. The molecule has 7 nitrogen and oxygen atoms in total. The second kappa shape index (κ2) is 13.5. The molecule has 0 saturated carbocycles. The van der Waals surface area contributed by atoms with Gasteiger partial charge in [0.05, 0.1) is 18.4 Å². The normalized spacial score (nSPS) is 14.8. The van der Waals surface area contributed by atoms with Gasteiger partial charge in [0, 0.05) is 56.3 Å². The molecule has 7 heteroatoms. The summed E-state index contributed by atoms with van der Waals surface area (Å²) in [5.41, 5.74) is 6.42. The molecule has 1 fully saturated rings. The van der Waals surface area contributed by atoms with Crippen molar-refractivity contribution in [2.45, 2.75) is 65.6 Å². The summed E-state index contributed by atoms with van der Waals surface area (Å²) in [4.78, 5) is 26.7. The van der Waals surface area contributed by atoms with Crippen LogP contribution in [0.2, 0.25) is 0 Å². The van der Waals surface area contributed by atoms with Crippen molar-refractivity contribution < 1.29 is 9.53 Å². The second-order valence-electron chi connectivity index (χ2n) is 10.7. The van der Waals surface area contributed by atoms with Crippen LogP contribution in [0, 0.1) is 33.1 Å². The van der Waals surface area contributed by atoms with Crippen LogP contribution in [0.25, 0.3) is 0 Å². The molecule has 0 radical (unpaired) electrons. The molecule has 1 N–H and O–H groups in total. The first-order valence-corrected chi connectivity index (χ1v) is 14.1. The third-order valence-corrected chi connectivity index (χ3v) is 8.08. The van der Waals surface area contributed by atoms with Crippen molar-refractivity contribution in [2.75, 3.05) is 31.6 Å². The molecule has 210 valence electrons. The minimum Gasteiger partial charge on any atom is -0.497 e. The summed E-state index contributed by atoms with van der Waals surface area (Å²) < 4.78 is 5.39. The Morgan fingerprint density at radius 2 is 1.90 bits per heavy atom. The zero-order chi connectivity index (χ0) is 28.6. The first kappa shape index (κ1) is 29.1. The highest BCUT2D eigenvalue weighted by Crippen LogP contribution is 2.29. The number of anilines is 1. The Balaban J connectivity index is 1.34. The fraction of sp³-hybridized carbons (Fsp3) is 0.424. The predicted octanol–water partition coefficient (Wildman–Crippen LogP) is 5.07. The van der Waals surface area contributed by atoms with E-state index < -0.39 is 0 Å². The number of ether oxygens (including phenoxy) is 1. The number of carbonyl (C=O) groups excluding carboxylic acids is 1. The van der Waals surface area contributed by atoms with Crippen LogP contribution in [-0.4, -0.2) is 59.6 Å². The number of hydrogen-bond acceptors (Lipinski definition) is 6. The van der Waals surface area contributed by atoms with E-state index in [-0.39, 0.29) is 5.91 Å². The Kier molecular flexibility index (Phi) is 9.79. The highest BCUT2D eigenvalue weighted by molar-refractivity contribution is 5.96. The molecular weight excluding hydrogens is 498 g/mol. The standard InChI is InChI=1S/C33H41N5O2/c1-7-28-20-24(3)32(26(5)36-28)33(39)35-17-13-25(4)37-18-14-30(15-19-37)38(22-27-21-34-16-12-23(27)2)29-8-10-31(40-6)11-9-29/h1,8-12,16,20-21,25,30H,13-15,17-19,22H2,2-6H3,(H,35,39)/t25-/m1/s1. The van der Waals surface area contributed by atoms with Gasteiger partial charge >= 0.3 is 0 Å². The van der Waals surface area contributed by atoms with Gasteiger partial charge in [-0.15, -0.1) is 6.42 Å². The number of aryl methyl sites for hydroxylation is 3. The lowest BCUT2D eigenvalue weighted by molar-refractivity contribution is 0.0943. The lowest BCUT2D eigenvalue weighted by Gasteiger charge is -2.42. The Labute approximate surface area is 239 Å². The lowest BCUT2D eigenvalue weighted by atomic mass is 9.99. The second-order valence-corrected chi connectivity index (χ2v) is 10.7. The summed E-state index contributed by atoms with van der Waals surface area (Å²) in [6.45, 7) is 11.6. The van der Waals surface area contributed by atoms with Crippen LogP contribution >= 0.6 is 0 Å². The summed E-state index contributed by atoms with van der Waals surface area (Å²) >= 11 is 0. The zero-order valence-corrected chi connectivity index (χ0v) is 24.4. The van der Waals surface area contributed by atoms with E-state index in [0.29, 0.717) is 35.6 Å². The number of nitrogens with zero attached hydrogens (tertiary/aromatic N) is 4. The van der Waals surface area contributed by atoms with E-state index in [9.17, 15) is 4.79 Å². The van der Waals surface area contributed by atoms with E-state index in [2.05, 4.69) is 63.1 Å². The smallest absolute Gasteiger partial charge is 0.253 e. The van der Waals surface area contributed by atoms with Gasteiger partial charge < -0.3 is 19.9 Å². The molecule has 1 atom stereocenters. The quantitative estimate of drug-likeness (QED) is 0.363. The fourth-order valence-corrected chi connectivity index (χ4v) is 5.60. The van der Waals surface area contributed by atoms with Gasteiger partial charge in [0.15, 0.2) is 0 Å². The van der Waals surface area contributed by atoms with Gasteiger partial charge in [0.1, 0.15) is 11.4 Å². The van der Waals surface area contributed by atoms with Crippen molar-refractivity contribution in [2.24, 2.45) is 0 Å². The molecule has 2 aromatic heterocycles. The van der Waals surface area contributed by atoms with E-state index in [1.807, 2.05) is 38.4 Å². The van der Waals surface area contributed by atoms with Crippen molar-refractivity contribution in [1.29, 1.82) is 0 Å². The minimum atomic E-state index is -0.0854. The Hall–Kier alpha value is -3.89. The van der Waals surface area contributed by atoms with E-state index >= 15 is 0 Å². The SMILES string of the molecule is C#Cc1cc(C)c(C(=O)NCC[C@@H](C)N2CCC(N(Cc3cnccc3C)c3ccc(OC)cc3)CC2)c(C)n1. The number of terminal acetylenes is 1. The maximum Gasteiger partial charge on any atom is 0.253 e. The van der Waals surface area contributed by atoms with Crippen molar-refractivity contribution in [1.82, 2.24) is 20.2 Å². The van der Waals surface area contributed by atoms with E-state index in [4.69, 9.17) is 11.2 Å². The topological polar surface area (TPSA) is 70.6 Å². The first-order valence-electron chi connectivity index (χ1n) is 14.1. The molecule has 3 aromatic rings. The third-order valence-electron chi connectivity index (χ3n) is 8.08. The van der Waals surface area contributed by atoms with Crippen LogP contribution < -0.4 is 15.0 Å². The number of hydrogen-bond donors (Lipinski definition) is 1. The van der Waals surface area contributed by atoms with Gasteiger partial charge in [-0.2, -0.15) is 0 Å². The number of aromatic nitrogens is 2. The van der Waals surface area contributed by atoms with Crippen molar-refractivity contribution >= 4 is 11.6 Å². The molecule has 1 saturated heterocycles. The van der Waals surface area contributed by atoms with Gasteiger partial charge in [0.25, 0.3) is 5.91 Å². The predicted molar refractivity (Wildman–Crippen MR) is 161 cm³/mol. The van der Waals surface area contributed by atoms with Crippen LogP contribution in [0.4, 0.5) is 5.69 Å². The number of benzene rings is 1. The van der Waals surface area contributed by atoms with Gasteiger partial charge in [-0.1, -0.05) is 5.92 Å². The van der Waals surface area contributed by atoms with Crippen LogP contribution in [0.3, 0.4) is 0 Å². The van der Waals surface area contributed by atoms with Gasteiger partial charge in [0.2, 0.25) is 0 Å². The monoisotopic (exact) mass is 539 g/mol. The molecule has 1 amide bonds. The molecular formula is C33H41N5O2. The van der Waals surface area contributed by atoms with Crippen LogP contribution in [0.5, 0.6) is 5.75 Å². The van der Waals surface area contributed by atoms with Crippen molar-refractivity contribution in [3.8, 4) is 18.1 Å². The Morgan fingerprint density at radius 3 is 2.52 bits per heavy atom. The summed E-state index contributed by atoms with van der Waals surface area (Å²) in [6, 6.07) is 13.1. The van der Waals surface area contributed by atoms with Gasteiger partial charge in [-0.05, 0) is 100 Å². The number of rotatable bonds is 10. The fourth-order valence-electron chi connectivity index (χ4n) is 5.60.